The highest BCUT2D eigenvalue weighted by molar-refractivity contribution is 6.13. The van der Waals surface area contributed by atoms with Crippen molar-refractivity contribution in [1.82, 2.24) is 58.0 Å². The van der Waals surface area contributed by atoms with Crippen LogP contribution < -0.4 is 19.6 Å². The lowest BCUT2D eigenvalue weighted by Crippen LogP contribution is -2.47. The van der Waals surface area contributed by atoms with Gasteiger partial charge in [0.1, 0.15) is 64.5 Å². The molecule has 122 heavy (non-hydrogen) atoms. The predicted octanol–water partition coefficient (Wildman–Crippen LogP) is 23.8. The van der Waals surface area contributed by atoms with E-state index in [9.17, 15) is 0 Å². The first-order valence-electron chi connectivity index (χ1n) is 42.4. The van der Waals surface area contributed by atoms with Gasteiger partial charge in [0.15, 0.2) is 22.3 Å². The summed E-state index contributed by atoms with van der Waals surface area (Å²) in [5.74, 6) is 3.10. The Balaban J connectivity index is 0.000000111. The second-order valence-corrected chi connectivity index (χ2v) is 35.4. The van der Waals surface area contributed by atoms with E-state index in [1.807, 2.05) is 106 Å². The van der Waals surface area contributed by atoms with Gasteiger partial charge in [0.25, 0.3) is 0 Å². The number of imidazole rings is 3. The van der Waals surface area contributed by atoms with Crippen molar-refractivity contribution in [3.05, 3.63) is 301 Å². The Bertz CT molecular complexity index is 6900. The quantitative estimate of drug-likeness (QED) is 0.114. The summed E-state index contributed by atoms with van der Waals surface area (Å²) in [4.78, 5) is 32.9. The standard InChI is InChI=1S/C28H28N4O.2C25H28N4O.C24H26N4O/c1-18-14-15-21-20-10-6-9-13-24(20)33-26(21)25(18)31-16-17-32(19(31)2)28(3,4)27-29-22-11-7-8-12-23(22)30(27)5;1-16-11-12-20-19-9-7-8-10-21(19)30-24(20)23(16)28-13-14-29(18(28)3)25(4,5)22-15-26-17(2)27(22)6;1-16-11-12-20-19-9-7-8-10-21(19)30-24(20)23(16)28-13-14-29(18(28)3)25(4,5)22-15-17(2)26-27(22)6;1-16-10-11-19-18-8-6-7-9-20(18)29-22(19)21(16)27-14-15-28(17(27)2)24(3,4)23-25-12-13-26(23)5/h6-17,19H,1-5H3;2*7-15,18H,1-6H3;6-15,17H,1-5H3/t19-;2*18-;17-/m1111/s1. The number of anilines is 4. The number of hydrogen-bond donors (Lipinski definition) is 0. The molecule has 0 amide bonds. The van der Waals surface area contributed by atoms with Gasteiger partial charge in [-0.2, -0.15) is 5.10 Å². The average molecular weight is 1620 g/mol. The highest BCUT2D eigenvalue weighted by atomic mass is 16.3. The minimum Gasteiger partial charge on any atom is -0.454 e. The summed E-state index contributed by atoms with van der Waals surface area (Å²) in [5, 5.41) is 13.8. The van der Waals surface area contributed by atoms with Crippen LogP contribution in [0.2, 0.25) is 0 Å². The van der Waals surface area contributed by atoms with Crippen LogP contribution >= 0.6 is 0 Å². The first kappa shape index (κ1) is 79.7. The molecular weight excluding hydrogens is 1510 g/mol. The van der Waals surface area contributed by atoms with E-state index in [0.717, 1.165) is 145 Å². The fourth-order valence-electron chi connectivity index (χ4n) is 19.9. The number of rotatable bonds is 12. The summed E-state index contributed by atoms with van der Waals surface area (Å²) in [6, 6.07) is 61.0. The molecule has 622 valence electrons. The Morgan fingerprint density at radius 3 is 1.00 bits per heavy atom. The molecule has 12 heterocycles. The minimum absolute atomic E-state index is 0.0947. The van der Waals surface area contributed by atoms with Crippen LogP contribution in [0.15, 0.2) is 262 Å². The zero-order valence-corrected chi connectivity index (χ0v) is 74.2. The third-order valence-corrected chi connectivity index (χ3v) is 26.5. The molecule has 0 bridgehead atoms. The summed E-state index contributed by atoms with van der Waals surface area (Å²) in [5.41, 5.74) is 21.4. The monoisotopic (exact) mass is 1620 g/mol. The van der Waals surface area contributed by atoms with Gasteiger partial charge in [0, 0.05) is 133 Å². The summed E-state index contributed by atoms with van der Waals surface area (Å²) in [6.07, 6.45) is 23.7. The molecular formula is C102H110N16O4. The molecule has 4 aliphatic rings. The molecule has 0 aliphatic carbocycles. The van der Waals surface area contributed by atoms with Crippen LogP contribution in [-0.2, 0) is 50.3 Å². The van der Waals surface area contributed by atoms with Gasteiger partial charge in [-0.15, -0.1) is 0 Å². The van der Waals surface area contributed by atoms with Gasteiger partial charge in [-0.1, -0.05) is 133 Å². The molecule has 8 aromatic heterocycles. The predicted molar refractivity (Wildman–Crippen MR) is 497 cm³/mol. The lowest BCUT2D eigenvalue weighted by molar-refractivity contribution is 0.140. The van der Waals surface area contributed by atoms with Crippen molar-refractivity contribution in [1.29, 1.82) is 0 Å². The molecule has 20 heteroatoms. The van der Waals surface area contributed by atoms with Crippen molar-refractivity contribution >= 4 is 122 Å². The van der Waals surface area contributed by atoms with Crippen LogP contribution in [-0.4, -0.2) is 82.7 Å². The van der Waals surface area contributed by atoms with Crippen LogP contribution in [0.25, 0.3) is 98.8 Å². The number of para-hydroxylation sites is 6. The largest absolute Gasteiger partial charge is 0.454 e. The molecule has 0 spiro atoms. The summed E-state index contributed by atoms with van der Waals surface area (Å²) >= 11 is 0. The van der Waals surface area contributed by atoms with Crippen LogP contribution in [0.5, 0.6) is 0 Å². The molecule has 20 nitrogen and oxygen atoms in total. The maximum Gasteiger partial charge on any atom is 0.159 e. The van der Waals surface area contributed by atoms with Gasteiger partial charge >= 0.3 is 0 Å². The number of fused-ring (bicyclic) bond motifs is 13. The summed E-state index contributed by atoms with van der Waals surface area (Å²) in [6.45, 7) is 39.6. The van der Waals surface area contributed by atoms with E-state index in [4.69, 9.17) is 22.7 Å². The smallest absolute Gasteiger partial charge is 0.159 e. The van der Waals surface area contributed by atoms with Gasteiger partial charge in [-0.3, -0.25) is 4.68 Å². The van der Waals surface area contributed by atoms with Gasteiger partial charge in [-0.25, -0.2) is 15.0 Å². The number of aromatic nitrogens is 8. The Morgan fingerprint density at radius 2 is 0.672 bits per heavy atom. The first-order valence-corrected chi connectivity index (χ1v) is 42.4. The van der Waals surface area contributed by atoms with Crippen molar-refractivity contribution in [2.24, 2.45) is 28.2 Å². The lowest BCUT2D eigenvalue weighted by atomic mass is 9.97. The van der Waals surface area contributed by atoms with E-state index < -0.39 is 0 Å². The molecule has 0 saturated heterocycles. The van der Waals surface area contributed by atoms with Crippen molar-refractivity contribution < 1.29 is 17.7 Å². The Hall–Kier alpha value is -13.4. The fourth-order valence-corrected chi connectivity index (χ4v) is 19.9. The van der Waals surface area contributed by atoms with Gasteiger partial charge < -0.3 is 70.6 Å². The highest BCUT2D eigenvalue weighted by Crippen LogP contribution is 2.49. The third-order valence-electron chi connectivity index (χ3n) is 26.5. The van der Waals surface area contributed by atoms with Gasteiger partial charge in [0.05, 0.1) is 79.2 Å². The topological polar surface area (TPSA) is 150 Å². The maximum absolute atomic E-state index is 6.38. The van der Waals surface area contributed by atoms with E-state index in [-0.39, 0.29) is 46.8 Å². The molecule has 9 aromatic carbocycles. The van der Waals surface area contributed by atoms with Gasteiger partial charge in [-0.05, 0) is 189 Å². The Morgan fingerprint density at radius 1 is 0.336 bits per heavy atom. The van der Waals surface area contributed by atoms with Crippen LogP contribution in [0.4, 0.5) is 22.7 Å². The Labute approximate surface area is 713 Å². The molecule has 0 N–H and O–H groups in total. The van der Waals surface area contributed by atoms with E-state index in [1.165, 1.54) is 33.6 Å². The molecule has 0 unspecified atom stereocenters. The minimum atomic E-state index is -0.311. The lowest BCUT2D eigenvalue weighted by Gasteiger charge is -2.41. The molecule has 0 fully saturated rings. The number of benzene rings is 9. The summed E-state index contributed by atoms with van der Waals surface area (Å²) in [7, 11) is 8.26. The SMILES string of the molecule is Cc1cc(C(C)(C)N2C=CN(c3c(C)ccc4c3oc3ccccc34)[C@H]2C)n(C)n1.Cc1ccc2c(oc3ccccc32)c1N1C=CN(C(C)(C)c2cnc(C)n2C)[C@@H]1C.Cc1ccc2c(oc3ccccc32)c1N1C=CN(C(C)(C)c2nc3ccccc3n2C)[C@@H]1C.Cc1ccc2c(oc3ccccc32)c1N1C=CN(C(C)(C)c2nccn2C)[C@@H]1C. The van der Waals surface area contributed by atoms with E-state index >= 15 is 0 Å². The summed E-state index contributed by atoms with van der Waals surface area (Å²) < 4.78 is 33.9. The number of hydrogen-bond acceptors (Lipinski definition) is 16. The molecule has 4 atom stereocenters. The Kier molecular flexibility index (Phi) is 19.5. The molecule has 0 saturated carbocycles. The number of aryl methyl sites for hydroxylation is 9. The van der Waals surface area contributed by atoms with Crippen LogP contribution in [0.1, 0.15) is 140 Å². The van der Waals surface area contributed by atoms with Gasteiger partial charge in [0.2, 0.25) is 0 Å². The highest BCUT2D eigenvalue weighted by Gasteiger charge is 2.44. The van der Waals surface area contributed by atoms with E-state index in [1.54, 1.807) is 0 Å². The second kappa shape index (κ2) is 29.8. The molecule has 0 radical (unpaired) electrons. The first-order chi connectivity index (χ1) is 58.4. The van der Waals surface area contributed by atoms with Crippen molar-refractivity contribution in [2.45, 2.75) is 171 Å². The maximum atomic E-state index is 6.38. The van der Waals surface area contributed by atoms with Crippen molar-refractivity contribution in [3.8, 4) is 0 Å². The fraction of sp³-hybridized carbons (Fsp3) is 0.294. The normalized spacial score (nSPS) is 17.0. The number of nitrogens with zero attached hydrogens (tertiary/aromatic N) is 16. The second-order valence-electron chi connectivity index (χ2n) is 35.4. The third kappa shape index (κ3) is 12.8. The van der Waals surface area contributed by atoms with Crippen molar-refractivity contribution in [2.75, 3.05) is 19.6 Å². The average Bonchev–Trinajstić information content (AvgIpc) is 1.58. The zero-order valence-electron chi connectivity index (χ0n) is 74.2. The van der Waals surface area contributed by atoms with E-state index in [2.05, 4.69) is 364 Å². The zero-order chi connectivity index (χ0) is 85.7. The van der Waals surface area contributed by atoms with E-state index in [0.29, 0.717) is 0 Å². The molecule has 17 aromatic rings. The molecule has 21 rings (SSSR count). The molecule has 4 aliphatic heterocycles. The number of furan rings is 4. The van der Waals surface area contributed by atoms with Crippen LogP contribution in [0.3, 0.4) is 0 Å². The van der Waals surface area contributed by atoms with Crippen molar-refractivity contribution in [3.63, 3.8) is 0 Å². The van der Waals surface area contributed by atoms with Crippen LogP contribution in [0, 0.1) is 41.5 Å².